The van der Waals surface area contributed by atoms with Gasteiger partial charge >= 0.3 is 0 Å². The molecule has 0 radical (unpaired) electrons. The molecule has 0 fully saturated rings. The van der Waals surface area contributed by atoms with E-state index in [4.69, 9.17) is 4.74 Å². The molecule has 17 heavy (non-hydrogen) atoms. The number of aromatic hydroxyl groups is 1. The van der Waals surface area contributed by atoms with Crippen molar-refractivity contribution in [2.45, 2.75) is 27.3 Å². The van der Waals surface area contributed by atoms with E-state index in [0.717, 1.165) is 19.6 Å². The van der Waals surface area contributed by atoms with Gasteiger partial charge < -0.3 is 9.84 Å². The van der Waals surface area contributed by atoms with Gasteiger partial charge in [-0.3, -0.25) is 4.90 Å². The molecule has 0 amide bonds. The Morgan fingerprint density at radius 2 is 2.06 bits per heavy atom. The minimum absolute atomic E-state index is 0.197. The summed E-state index contributed by atoms with van der Waals surface area (Å²) < 4.78 is 5.11. The van der Waals surface area contributed by atoms with Crippen molar-refractivity contribution < 1.29 is 9.84 Å². The molecule has 3 nitrogen and oxygen atoms in total. The first-order valence-electron chi connectivity index (χ1n) is 6.15. The molecule has 0 aromatic heterocycles. The highest BCUT2D eigenvalue weighted by Crippen LogP contribution is 2.26. The lowest BCUT2D eigenvalue weighted by Crippen LogP contribution is -2.27. The van der Waals surface area contributed by atoms with Crippen LogP contribution in [-0.4, -0.2) is 30.2 Å². The molecule has 0 aliphatic carbocycles. The SMILES string of the molecule is CCN(Cc1ccc(O)c(OC)c1)CC(C)C. The molecule has 1 N–H and O–H groups in total. The van der Waals surface area contributed by atoms with Crippen LogP contribution in [0.3, 0.4) is 0 Å². The van der Waals surface area contributed by atoms with Crippen molar-refractivity contribution in [3.05, 3.63) is 23.8 Å². The maximum absolute atomic E-state index is 9.53. The molecule has 96 valence electrons. The molecule has 1 rings (SSSR count). The van der Waals surface area contributed by atoms with Crippen LogP contribution < -0.4 is 4.74 Å². The number of nitrogens with zero attached hydrogens (tertiary/aromatic N) is 1. The summed E-state index contributed by atoms with van der Waals surface area (Å²) in [5.41, 5.74) is 1.17. The standard InChI is InChI=1S/C14H23NO2/c1-5-15(9-11(2)3)10-12-6-7-13(16)14(8-12)17-4/h6-8,11,16H,5,9-10H2,1-4H3. The second-order valence-corrected chi connectivity index (χ2v) is 4.73. The Balaban J connectivity index is 2.72. The van der Waals surface area contributed by atoms with Crippen molar-refractivity contribution >= 4 is 0 Å². The molecule has 0 atom stereocenters. The van der Waals surface area contributed by atoms with Gasteiger partial charge in [0.15, 0.2) is 11.5 Å². The number of ether oxygens (including phenoxy) is 1. The second kappa shape index (κ2) is 6.50. The zero-order chi connectivity index (χ0) is 12.8. The first kappa shape index (κ1) is 13.8. The summed E-state index contributed by atoms with van der Waals surface area (Å²) in [6, 6.07) is 5.54. The van der Waals surface area contributed by atoms with Gasteiger partial charge in [0.2, 0.25) is 0 Å². The van der Waals surface area contributed by atoms with Crippen LogP contribution in [-0.2, 0) is 6.54 Å². The van der Waals surface area contributed by atoms with Crippen LogP contribution in [0.4, 0.5) is 0 Å². The minimum atomic E-state index is 0.197. The Bertz CT molecular complexity index is 350. The van der Waals surface area contributed by atoms with Gasteiger partial charge in [-0.25, -0.2) is 0 Å². The number of phenolic OH excluding ortho intramolecular Hbond substituents is 1. The van der Waals surface area contributed by atoms with Crippen molar-refractivity contribution in [1.82, 2.24) is 4.90 Å². The Hall–Kier alpha value is -1.22. The monoisotopic (exact) mass is 237 g/mol. The third kappa shape index (κ3) is 4.27. The molecular weight excluding hydrogens is 214 g/mol. The van der Waals surface area contributed by atoms with Crippen LogP contribution in [0.15, 0.2) is 18.2 Å². The fourth-order valence-electron chi connectivity index (χ4n) is 1.90. The lowest BCUT2D eigenvalue weighted by molar-refractivity contribution is 0.248. The summed E-state index contributed by atoms with van der Waals surface area (Å²) in [6.07, 6.45) is 0. The summed E-state index contributed by atoms with van der Waals surface area (Å²) in [5, 5.41) is 9.53. The van der Waals surface area contributed by atoms with Gasteiger partial charge in [-0.1, -0.05) is 26.8 Å². The van der Waals surface area contributed by atoms with Crippen molar-refractivity contribution in [3.8, 4) is 11.5 Å². The number of hydrogen-bond donors (Lipinski definition) is 1. The van der Waals surface area contributed by atoms with Crippen LogP contribution in [0.1, 0.15) is 26.3 Å². The summed E-state index contributed by atoms with van der Waals surface area (Å²) in [5.74, 6) is 1.40. The first-order valence-corrected chi connectivity index (χ1v) is 6.15. The van der Waals surface area contributed by atoms with Crippen LogP contribution in [0.25, 0.3) is 0 Å². The molecule has 0 unspecified atom stereocenters. The maximum Gasteiger partial charge on any atom is 0.160 e. The van der Waals surface area contributed by atoms with E-state index in [9.17, 15) is 5.11 Å². The van der Waals surface area contributed by atoms with Crippen molar-refractivity contribution in [2.24, 2.45) is 5.92 Å². The van der Waals surface area contributed by atoms with Gasteiger partial charge in [0.05, 0.1) is 7.11 Å². The zero-order valence-corrected chi connectivity index (χ0v) is 11.2. The van der Waals surface area contributed by atoms with Gasteiger partial charge in [-0.2, -0.15) is 0 Å². The number of phenols is 1. The maximum atomic E-state index is 9.53. The van der Waals surface area contributed by atoms with Crippen LogP contribution in [0.5, 0.6) is 11.5 Å². The Morgan fingerprint density at radius 3 is 2.59 bits per heavy atom. The van der Waals surface area contributed by atoms with Gasteiger partial charge in [0.1, 0.15) is 0 Å². The van der Waals surface area contributed by atoms with E-state index in [-0.39, 0.29) is 5.75 Å². The molecule has 0 bridgehead atoms. The summed E-state index contributed by atoms with van der Waals surface area (Å²) in [6.45, 7) is 9.62. The molecule has 0 aliphatic rings. The molecule has 1 aromatic rings. The van der Waals surface area contributed by atoms with Gasteiger partial charge in [0.25, 0.3) is 0 Å². The zero-order valence-electron chi connectivity index (χ0n) is 11.2. The van der Waals surface area contributed by atoms with E-state index in [2.05, 4.69) is 25.7 Å². The van der Waals surface area contributed by atoms with Crippen LogP contribution in [0.2, 0.25) is 0 Å². The lowest BCUT2D eigenvalue weighted by atomic mass is 10.1. The second-order valence-electron chi connectivity index (χ2n) is 4.73. The van der Waals surface area contributed by atoms with E-state index < -0.39 is 0 Å². The number of benzene rings is 1. The van der Waals surface area contributed by atoms with Crippen molar-refractivity contribution in [1.29, 1.82) is 0 Å². The lowest BCUT2D eigenvalue weighted by Gasteiger charge is -2.22. The van der Waals surface area contributed by atoms with Gasteiger partial charge in [-0.15, -0.1) is 0 Å². The third-order valence-electron chi connectivity index (χ3n) is 2.72. The van der Waals surface area contributed by atoms with Gasteiger partial charge in [0, 0.05) is 13.1 Å². The molecule has 0 aliphatic heterocycles. The molecule has 0 heterocycles. The van der Waals surface area contributed by atoms with Crippen molar-refractivity contribution in [3.63, 3.8) is 0 Å². The van der Waals surface area contributed by atoms with Crippen molar-refractivity contribution in [2.75, 3.05) is 20.2 Å². The molecule has 0 saturated heterocycles. The summed E-state index contributed by atoms with van der Waals surface area (Å²) in [7, 11) is 1.57. The minimum Gasteiger partial charge on any atom is -0.504 e. The van der Waals surface area contributed by atoms with E-state index in [1.165, 1.54) is 5.56 Å². The van der Waals surface area contributed by atoms with Crippen LogP contribution >= 0.6 is 0 Å². The first-order chi connectivity index (χ1) is 8.06. The Morgan fingerprint density at radius 1 is 1.35 bits per heavy atom. The highest BCUT2D eigenvalue weighted by Gasteiger charge is 2.08. The topological polar surface area (TPSA) is 32.7 Å². The third-order valence-corrected chi connectivity index (χ3v) is 2.72. The normalized spacial score (nSPS) is 11.2. The molecule has 0 saturated carbocycles. The number of rotatable bonds is 6. The van der Waals surface area contributed by atoms with E-state index in [0.29, 0.717) is 11.7 Å². The predicted molar refractivity (Wildman–Crippen MR) is 70.4 cm³/mol. The number of methoxy groups -OCH3 is 1. The van der Waals surface area contributed by atoms with Crippen LogP contribution in [0, 0.1) is 5.92 Å². The largest absolute Gasteiger partial charge is 0.504 e. The average Bonchev–Trinajstić information content (AvgIpc) is 2.30. The molecule has 1 aromatic carbocycles. The number of hydrogen-bond acceptors (Lipinski definition) is 3. The molecular formula is C14H23NO2. The van der Waals surface area contributed by atoms with E-state index in [1.807, 2.05) is 12.1 Å². The quantitative estimate of drug-likeness (QED) is 0.825. The fraction of sp³-hybridized carbons (Fsp3) is 0.571. The summed E-state index contributed by atoms with van der Waals surface area (Å²) in [4.78, 5) is 2.39. The molecule has 3 heteroatoms. The average molecular weight is 237 g/mol. The summed E-state index contributed by atoms with van der Waals surface area (Å²) >= 11 is 0. The Kier molecular flexibility index (Phi) is 5.29. The fourth-order valence-corrected chi connectivity index (χ4v) is 1.90. The highest BCUT2D eigenvalue weighted by molar-refractivity contribution is 5.41. The smallest absolute Gasteiger partial charge is 0.160 e. The van der Waals surface area contributed by atoms with E-state index >= 15 is 0 Å². The molecule has 0 spiro atoms. The highest BCUT2D eigenvalue weighted by atomic mass is 16.5. The predicted octanol–water partition coefficient (Wildman–Crippen LogP) is 2.88. The Labute approximate surface area is 104 Å². The van der Waals surface area contributed by atoms with E-state index in [1.54, 1.807) is 13.2 Å². The van der Waals surface area contributed by atoms with Gasteiger partial charge in [-0.05, 0) is 30.2 Å².